The van der Waals surface area contributed by atoms with E-state index in [4.69, 9.17) is 17.7 Å². The van der Waals surface area contributed by atoms with Crippen LogP contribution in [-0.2, 0) is 4.74 Å². The van der Waals surface area contributed by atoms with Gasteiger partial charge in [0.15, 0.2) is 0 Å². The van der Waals surface area contributed by atoms with Crippen LogP contribution in [-0.4, -0.2) is 31.2 Å². The number of aliphatic hydroxyl groups excluding tert-OH is 1. The summed E-state index contributed by atoms with van der Waals surface area (Å²) in [6, 6.07) is -0.273. The third-order valence-corrected chi connectivity index (χ3v) is 3.48. The molecule has 1 aliphatic heterocycles. The number of hydrogen-bond acceptors (Lipinski definition) is 2. The summed E-state index contributed by atoms with van der Waals surface area (Å²) in [6.45, 7) is 8.16. The van der Waals surface area contributed by atoms with E-state index in [-0.39, 0.29) is 23.9 Å². The topological polar surface area (TPSA) is 29.5 Å². The lowest BCUT2D eigenvalue weighted by molar-refractivity contribution is -0.0545. The van der Waals surface area contributed by atoms with Gasteiger partial charge in [-0.05, 0) is 18.3 Å². The first-order valence-electron chi connectivity index (χ1n) is 4.39. The van der Waals surface area contributed by atoms with Gasteiger partial charge >= 0.3 is 0 Å². The molecule has 0 aromatic rings. The van der Waals surface area contributed by atoms with Crippen molar-refractivity contribution in [3.8, 4) is 0 Å². The van der Waals surface area contributed by atoms with Crippen LogP contribution in [0.15, 0.2) is 0 Å². The van der Waals surface area contributed by atoms with Gasteiger partial charge in [-0.2, -0.15) is 0 Å². The largest absolute Gasteiger partial charge is 0.393 e. The van der Waals surface area contributed by atoms with E-state index in [0.717, 1.165) is 0 Å². The highest BCUT2D eigenvalue weighted by Crippen LogP contribution is 2.47. The van der Waals surface area contributed by atoms with Crippen molar-refractivity contribution in [1.29, 1.82) is 0 Å². The van der Waals surface area contributed by atoms with E-state index < -0.39 is 5.60 Å². The summed E-state index contributed by atoms with van der Waals surface area (Å²) in [5, 5.41) is 9.17. The monoisotopic (exact) mass is 168 g/mol. The molecule has 12 heavy (non-hydrogen) atoms. The highest BCUT2D eigenvalue weighted by Gasteiger charge is 2.51. The molecule has 68 valence electrons. The molecule has 1 heterocycles. The normalized spacial score (nSPS) is 46.4. The zero-order valence-electron chi connectivity index (χ0n) is 8.29. The maximum Gasteiger partial charge on any atom is 0.109 e. The Labute approximate surface area is 75.7 Å². The summed E-state index contributed by atoms with van der Waals surface area (Å²) in [4.78, 5) is 0. The van der Waals surface area contributed by atoms with Crippen LogP contribution < -0.4 is 0 Å². The molecule has 0 aliphatic carbocycles. The second kappa shape index (κ2) is 2.74. The van der Waals surface area contributed by atoms with Crippen molar-refractivity contribution < 1.29 is 9.84 Å². The van der Waals surface area contributed by atoms with Crippen LogP contribution in [0.1, 0.15) is 27.7 Å². The fourth-order valence-electron chi connectivity index (χ4n) is 1.75. The van der Waals surface area contributed by atoms with E-state index in [1.165, 1.54) is 0 Å². The lowest BCUT2D eigenvalue weighted by atomic mass is 9.67. The molecular weight excluding hydrogens is 151 g/mol. The first-order chi connectivity index (χ1) is 5.34. The summed E-state index contributed by atoms with van der Waals surface area (Å²) in [5.74, 6) is 0.269. The van der Waals surface area contributed by atoms with E-state index in [1.807, 2.05) is 6.92 Å². The third-order valence-electron chi connectivity index (χ3n) is 3.48. The number of rotatable bonds is 1. The average Bonchev–Trinajstić information content (AvgIpc) is 2.14. The molecule has 1 N–H and O–H groups in total. The van der Waals surface area contributed by atoms with Crippen molar-refractivity contribution in [2.75, 3.05) is 6.61 Å². The second-order valence-electron chi connectivity index (χ2n) is 4.55. The Bertz CT molecular complexity index is 181. The minimum absolute atomic E-state index is 0.0330. The lowest BCUT2D eigenvalue weighted by Crippen LogP contribution is -2.37. The summed E-state index contributed by atoms with van der Waals surface area (Å²) in [5.41, 5.74) is -0.527. The summed E-state index contributed by atoms with van der Waals surface area (Å²) in [6.07, 6.45) is 0. The fraction of sp³-hybridized carbons (Fsp3) is 1.00. The summed E-state index contributed by atoms with van der Waals surface area (Å²) in [7, 11) is 5.82. The van der Waals surface area contributed by atoms with Gasteiger partial charge in [-0.1, -0.05) is 20.8 Å². The molecule has 1 fully saturated rings. The van der Waals surface area contributed by atoms with Crippen LogP contribution in [0, 0.1) is 11.3 Å². The van der Waals surface area contributed by atoms with E-state index in [9.17, 15) is 0 Å². The molecule has 1 aliphatic rings. The van der Waals surface area contributed by atoms with Crippen LogP contribution in [0.25, 0.3) is 0 Å². The molecule has 2 radical (unpaired) electrons. The van der Waals surface area contributed by atoms with Gasteiger partial charge in [0.2, 0.25) is 0 Å². The zero-order chi connectivity index (χ0) is 9.57. The molecule has 0 saturated carbocycles. The van der Waals surface area contributed by atoms with Crippen molar-refractivity contribution in [1.82, 2.24) is 0 Å². The van der Waals surface area contributed by atoms with E-state index in [1.54, 1.807) is 0 Å². The van der Waals surface area contributed by atoms with Gasteiger partial charge in [0.05, 0.1) is 12.2 Å². The number of aliphatic hydroxyl groups is 1. The Hall–Kier alpha value is -0.0151. The lowest BCUT2D eigenvalue weighted by Gasteiger charge is -2.31. The van der Waals surface area contributed by atoms with Crippen LogP contribution in [0.2, 0.25) is 0 Å². The van der Waals surface area contributed by atoms with Crippen LogP contribution >= 0.6 is 0 Å². The van der Waals surface area contributed by atoms with E-state index >= 15 is 0 Å². The second-order valence-corrected chi connectivity index (χ2v) is 4.55. The van der Waals surface area contributed by atoms with Crippen LogP contribution in [0.5, 0.6) is 0 Å². The highest BCUT2D eigenvalue weighted by molar-refractivity contribution is 6.11. The quantitative estimate of drug-likeness (QED) is 0.590. The molecule has 3 atom stereocenters. The Morgan fingerprint density at radius 2 is 1.92 bits per heavy atom. The fourth-order valence-corrected chi connectivity index (χ4v) is 1.75. The molecule has 0 bridgehead atoms. The molecular formula is C9H17BO2. The SMILES string of the molecule is [B][C@@H]1O[C@](C)(CO)[C@@H](C)C1(C)C. The number of hydrogen-bond donors (Lipinski definition) is 1. The Balaban J connectivity index is 2.90. The minimum Gasteiger partial charge on any atom is -0.393 e. The van der Waals surface area contributed by atoms with Crippen molar-refractivity contribution in [2.45, 2.75) is 39.3 Å². The van der Waals surface area contributed by atoms with Gasteiger partial charge in [-0.3, -0.25) is 0 Å². The summed E-state index contributed by atoms with van der Waals surface area (Å²) >= 11 is 0. The Morgan fingerprint density at radius 3 is 2.08 bits per heavy atom. The molecule has 0 aromatic heterocycles. The minimum atomic E-state index is -0.469. The molecule has 1 rings (SSSR count). The molecule has 2 nitrogen and oxygen atoms in total. The highest BCUT2D eigenvalue weighted by atomic mass is 16.5. The first kappa shape index (κ1) is 10.1. The Kier molecular flexibility index (Phi) is 2.30. The molecule has 0 amide bonds. The molecule has 3 heteroatoms. The van der Waals surface area contributed by atoms with Gasteiger partial charge in [0.1, 0.15) is 7.85 Å². The van der Waals surface area contributed by atoms with Gasteiger partial charge in [0.25, 0.3) is 0 Å². The van der Waals surface area contributed by atoms with E-state index in [2.05, 4.69) is 20.8 Å². The van der Waals surface area contributed by atoms with Crippen molar-refractivity contribution in [2.24, 2.45) is 11.3 Å². The average molecular weight is 168 g/mol. The Morgan fingerprint density at radius 1 is 1.42 bits per heavy atom. The van der Waals surface area contributed by atoms with Gasteiger partial charge < -0.3 is 9.84 Å². The van der Waals surface area contributed by atoms with Gasteiger partial charge in [0, 0.05) is 6.00 Å². The van der Waals surface area contributed by atoms with Crippen molar-refractivity contribution in [3.05, 3.63) is 0 Å². The van der Waals surface area contributed by atoms with E-state index in [0.29, 0.717) is 0 Å². The predicted molar refractivity (Wildman–Crippen MR) is 49.1 cm³/mol. The standard InChI is InChI=1S/C9H17BO2/c1-6-8(2,3)7(10)12-9(6,4)5-11/h6-7,11H,5H2,1-4H3/t6-,7+,9+/m0/s1. The predicted octanol–water partition coefficient (Wildman–Crippen LogP) is 0.924. The smallest absolute Gasteiger partial charge is 0.109 e. The third kappa shape index (κ3) is 1.19. The first-order valence-corrected chi connectivity index (χ1v) is 4.39. The van der Waals surface area contributed by atoms with Gasteiger partial charge in [-0.15, -0.1) is 0 Å². The van der Waals surface area contributed by atoms with Gasteiger partial charge in [-0.25, -0.2) is 0 Å². The molecule has 1 saturated heterocycles. The maximum atomic E-state index is 9.17. The zero-order valence-corrected chi connectivity index (χ0v) is 8.29. The number of ether oxygens (including phenoxy) is 1. The van der Waals surface area contributed by atoms with Crippen molar-refractivity contribution in [3.63, 3.8) is 0 Å². The van der Waals surface area contributed by atoms with Crippen LogP contribution in [0.3, 0.4) is 0 Å². The maximum absolute atomic E-state index is 9.17. The van der Waals surface area contributed by atoms with Crippen molar-refractivity contribution >= 4 is 7.85 Å². The summed E-state index contributed by atoms with van der Waals surface area (Å²) < 4.78 is 5.55. The van der Waals surface area contributed by atoms with Crippen LogP contribution in [0.4, 0.5) is 0 Å². The molecule has 0 aromatic carbocycles. The molecule has 0 spiro atoms. The molecule has 0 unspecified atom stereocenters.